The summed E-state index contributed by atoms with van der Waals surface area (Å²) in [6, 6.07) is 0. The summed E-state index contributed by atoms with van der Waals surface area (Å²) < 4.78 is 6.57. The zero-order valence-corrected chi connectivity index (χ0v) is 14.0. The van der Waals surface area contributed by atoms with Crippen LogP contribution in [0, 0.1) is 0 Å². The maximum absolute atomic E-state index is 6.57. The SMILES string of the molecule is CC(C)[Si](OCC1=CCCC=C1)(C(C)C)C(C)C. The quantitative estimate of drug-likeness (QED) is 0.580. The monoisotopic (exact) mass is 266 g/mol. The standard InChI is InChI=1S/C16H30OSi/c1-13(2)18(14(3)4,15(5)6)17-12-16-10-8-7-9-11-16/h8,10-11,13-15H,7,9,12H2,1-6H3. The first-order valence-corrected chi connectivity index (χ1v) is 9.54. The van der Waals surface area contributed by atoms with Crippen LogP contribution in [0.1, 0.15) is 54.4 Å². The molecule has 0 aromatic rings. The molecule has 0 saturated carbocycles. The lowest BCUT2D eigenvalue weighted by atomic mass is 10.1. The van der Waals surface area contributed by atoms with Gasteiger partial charge in [0.1, 0.15) is 0 Å². The Kier molecular flexibility index (Phi) is 5.86. The van der Waals surface area contributed by atoms with Gasteiger partial charge in [-0.2, -0.15) is 0 Å². The molecule has 18 heavy (non-hydrogen) atoms. The van der Waals surface area contributed by atoms with Gasteiger partial charge in [-0.15, -0.1) is 0 Å². The maximum Gasteiger partial charge on any atom is 0.200 e. The molecule has 0 bridgehead atoms. The van der Waals surface area contributed by atoms with E-state index in [0.717, 1.165) is 6.61 Å². The van der Waals surface area contributed by atoms with Gasteiger partial charge < -0.3 is 4.43 Å². The predicted molar refractivity (Wildman–Crippen MR) is 83.5 cm³/mol. The van der Waals surface area contributed by atoms with E-state index in [-0.39, 0.29) is 0 Å². The highest BCUT2D eigenvalue weighted by Gasteiger charge is 2.44. The van der Waals surface area contributed by atoms with Crippen molar-refractivity contribution in [3.63, 3.8) is 0 Å². The topological polar surface area (TPSA) is 9.23 Å². The van der Waals surface area contributed by atoms with E-state index in [1.54, 1.807) is 0 Å². The van der Waals surface area contributed by atoms with Gasteiger partial charge in [0.15, 0.2) is 0 Å². The van der Waals surface area contributed by atoms with Crippen molar-refractivity contribution in [1.82, 2.24) is 0 Å². The van der Waals surface area contributed by atoms with Crippen molar-refractivity contribution in [2.75, 3.05) is 6.61 Å². The summed E-state index contributed by atoms with van der Waals surface area (Å²) in [4.78, 5) is 0. The minimum absolute atomic E-state index is 0.672. The zero-order valence-electron chi connectivity index (χ0n) is 13.0. The Bertz CT molecular complexity index is 291. The van der Waals surface area contributed by atoms with E-state index in [1.165, 1.54) is 18.4 Å². The van der Waals surface area contributed by atoms with Gasteiger partial charge in [0.25, 0.3) is 0 Å². The third kappa shape index (κ3) is 3.36. The Labute approximate surface area is 114 Å². The van der Waals surface area contributed by atoms with Crippen LogP contribution in [-0.4, -0.2) is 14.9 Å². The summed E-state index contributed by atoms with van der Waals surface area (Å²) in [5, 5.41) is 0. The van der Waals surface area contributed by atoms with Gasteiger partial charge in [-0.3, -0.25) is 0 Å². The number of allylic oxidation sites excluding steroid dienone is 2. The number of rotatable bonds is 6. The van der Waals surface area contributed by atoms with E-state index in [1.807, 2.05) is 0 Å². The van der Waals surface area contributed by atoms with Crippen molar-refractivity contribution in [2.45, 2.75) is 71.0 Å². The molecule has 0 N–H and O–H groups in total. The summed E-state index contributed by atoms with van der Waals surface area (Å²) in [7, 11) is -1.69. The van der Waals surface area contributed by atoms with Crippen LogP contribution in [0.3, 0.4) is 0 Å². The first kappa shape index (κ1) is 15.7. The average molecular weight is 267 g/mol. The first-order valence-electron chi connectivity index (χ1n) is 7.40. The molecule has 0 aromatic heterocycles. The molecule has 0 amide bonds. The molecule has 0 atom stereocenters. The number of hydrogen-bond acceptors (Lipinski definition) is 1. The van der Waals surface area contributed by atoms with Crippen molar-refractivity contribution < 1.29 is 4.43 Å². The molecule has 104 valence electrons. The van der Waals surface area contributed by atoms with Crippen molar-refractivity contribution in [2.24, 2.45) is 0 Å². The molecule has 1 aliphatic carbocycles. The molecular weight excluding hydrogens is 236 g/mol. The third-order valence-corrected chi connectivity index (χ3v) is 10.3. The summed E-state index contributed by atoms with van der Waals surface area (Å²) >= 11 is 0. The molecule has 0 spiro atoms. The second-order valence-electron chi connectivity index (χ2n) is 6.37. The van der Waals surface area contributed by atoms with Crippen LogP contribution in [0.4, 0.5) is 0 Å². The lowest BCUT2D eigenvalue weighted by molar-refractivity contribution is 0.309. The molecule has 0 aliphatic heterocycles. The van der Waals surface area contributed by atoms with Gasteiger partial charge in [0.2, 0.25) is 8.32 Å². The van der Waals surface area contributed by atoms with Crippen LogP contribution >= 0.6 is 0 Å². The fourth-order valence-corrected chi connectivity index (χ4v) is 8.90. The molecule has 0 radical (unpaired) electrons. The summed E-state index contributed by atoms with van der Waals surface area (Å²) in [6.45, 7) is 14.9. The van der Waals surface area contributed by atoms with Crippen LogP contribution in [-0.2, 0) is 4.43 Å². The average Bonchev–Trinajstić information content (AvgIpc) is 2.29. The van der Waals surface area contributed by atoms with E-state index in [9.17, 15) is 0 Å². The van der Waals surface area contributed by atoms with Crippen LogP contribution in [0.2, 0.25) is 16.6 Å². The largest absolute Gasteiger partial charge is 0.412 e. The van der Waals surface area contributed by atoms with Crippen LogP contribution in [0.25, 0.3) is 0 Å². The summed E-state index contributed by atoms with van der Waals surface area (Å²) in [5.41, 5.74) is 3.39. The molecule has 1 aliphatic rings. The highest BCUT2D eigenvalue weighted by molar-refractivity contribution is 6.77. The normalized spacial score (nSPS) is 16.8. The van der Waals surface area contributed by atoms with Gasteiger partial charge in [-0.25, -0.2) is 0 Å². The van der Waals surface area contributed by atoms with Gasteiger partial charge in [0, 0.05) is 0 Å². The first-order chi connectivity index (χ1) is 8.41. The van der Waals surface area contributed by atoms with Gasteiger partial charge in [0.05, 0.1) is 6.61 Å². The molecule has 0 heterocycles. The Morgan fingerprint density at radius 2 is 1.56 bits per heavy atom. The second-order valence-corrected chi connectivity index (χ2v) is 11.8. The summed E-state index contributed by atoms with van der Waals surface area (Å²) in [6.07, 6.45) is 9.20. The molecule has 1 rings (SSSR count). The molecule has 0 unspecified atom stereocenters. The molecule has 0 fully saturated rings. The van der Waals surface area contributed by atoms with Gasteiger partial charge in [-0.1, -0.05) is 59.8 Å². The number of hydrogen-bond donors (Lipinski definition) is 0. The highest BCUT2D eigenvalue weighted by Crippen LogP contribution is 2.42. The van der Waals surface area contributed by atoms with Gasteiger partial charge in [-0.05, 0) is 35.0 Å². The fourth-order valence-electron chi connectivity index (χ4n) is 3.48. The minimum atomic E-state index is -1.69. The third-order valence-electron chi connectivity index (χ3n) is 4.27. The van der Waals surface area contributed by atoms with Crippen molar-refractivity contribution in [3.8, 4) is 0 Å². The van der Waals surface area contributed by atoms with Gasteiger partial charge >= 0.3 is 0 Å². The van der Waals surface area contributed by atoms with Crippen LogP contribution < -0.4 is 0 Å². The molecule has 0 aromatic carbocycles. The maximum atomic E-state index is 6.57. The molecule has 2 heteroatoms. The smallest absolute Gasteiger partial charge is 0.200 e. The van der Waals surface area contributed by atoms with Crippen LogP contribution in [0.5, 0.6) is 0 Å². The Balaban J connectivity index is 2.78. The highest BCUT2D eigenvalue weighted by atomic mass is 28.4. The van der Waals surface area contributed by atoms with E-state index >= 15 is 0 Å². The molecule has 1 nitrogen and oxygen atoms in total. The van der Waals surface area contributed by atoms with E-state index in [2.05, 4.69) is 59.8 Å². The Morgan fingerprint density at radius 3 is 1.94 bits per heavy atom. The Morgan fingerprint density at radius 1 is 1.00 bits per heavy atom. The van der Waals surface area contributed by atoms with Crippen molar-refractivity contribution >= 4 is 8.32 Å². The van der Waals surface area contributed by atoms with Crippen LogP contribution in [0.15, 0.2) is 23.8 Å². The minimum Gasteiger partial charge on any atom is -0.412 e. The molecular formula is C16H30OSi. The zero-order chi connectivity index (χ0) is 13.8. The van der Waals surface area contributed by atoms with Crippen molar-refractivity contribution in [1.29, 1.82) is 0 Å². The lowest BCUT2D eigenvalue weighted by Crippen LogP contribution is -2.48. The lowest BCUT2D eigenvalue weighted by Gasteiger charge is -2.42. The van der Waals surface area contributed by atoms with Crippen molar-refractivity contribution in [3.05, 3.63) is 23.8 Å². The predicted octanol–water partition coefficient (Wildman–Crippen LogP) is 5.45. The molecule has 0 saturated heterocycles. The Hall–Kier alpha value is -0.343. The van der Waals surface area contributed by atoms with E-state index < -0.39 is 8.32 Å². The fraction of sp³-hybridized carbons (Fsp3) is 0.750. The summed E-state index contributed by atoms with van der Waals surface area (Å²) in [5.74, 6) is 0. The van der Waals surface area contributed by atoms with E-state index in [4.69, 9.17) is 4.43 Å². The van der Waals surface area contributed by atoms with E-state index in [0.29, 0.717) is 16.6 Å². The second kappa shape index (κ2) is 6.72.